The van der Waals surface area contributed by atoms with Gasteiger partial charge in [-0.3, -0.25) is 14.9 Å². The molecule has 1 fully saturated rings. The first kappa shape index (κ1) is 18.5. The number of halogens is 1. The lowest BCUT2D eigenvalue weighted by atomic mass is 10.2. The monoisotopic (exact) mass is 456 g/mol. The van der Waals surface area contributed by atoms with Gasteiger partial charge in [-0.15, -0.1) is 5.10 Å². The summed E-state index contributed by atoms with van der Waals surface area (Å²) in [5.74, 6) is 0.295. The third-order valence-electron chi connectivity index (χ3n) is 3.84. The number of benzene rings is 2. The molecule has 1 N–H and O–H groups in total. The standard InChI is InChI=1S/C19H13BrN4O3S/c20-13-3-5-15(6-4-13)24-10-14(22-23-24)11-27-16-7-1-12(2-8-16)9-17-18(25)21-19(26)28-17/h1-10H,11H2,(H,21,25,26)/b17-9-. The van der Waals surface area contributed by atoms with E-state index in [4.69, 9.17) is 4.74 Å². The van der Waals surface area contributed by atoms with Gasteiger partial charge in [0.2, 0.25) is 0 Å². The van der Waals surface area contributed by atoms with E-state index < -0.39 is 0 Å². The molecule has 0 spiro atoms. The maximum Gasteiger partial charge on any atom is 0.290 e. The molecule has 1 aliphatic rings. The third-order valence-corrected chi connectivity index (χ3v) is 5.18. The van der Waals surface area contributed by atoms with Crippen LogP contribution in [0.5, 0.6) is 5.75 Å². The number of thioether (sulfide) groups is 1. The van der Waals surface area contributed by atoms with Gasteiger partial charge in [-0.1, -0.05) is 33.3 Å². The van der Waals surface area contributed by atoms with Gasteiger partial charge in [-0.25, -0.2) is 4.68 Å². The van der Waals surface area contributed by atoms with Crippen LogP contribution in [0.4, 0.5) is 4.79 Å². The number of carbonyl (C=O) groups is 2. The minimum Gasteiger partial charge on any atom is -0.487 e. The zero-order valence-corrected chi connectivity index (χ0v) is 16.7. The van der Waals surface area contributed by atoms with Gasteiger partial charge in [0.05, 0.1) is 16.8 Å². The molecule has 2 aromatic carbocycles. The Morgan fingerprint density at radius 3 is 2.54 bits per heavy atom. The molecule has 0 unspecified atom stereocenters. The van der Waals surface area contributed by atoms with E-state index in [1.54, 1.807) is 22.9 Å². The Morgan fingerprint density at radius 1 is 1.11 bits per heavy atom. The van der Waals surface area contributed by atoms with E-state index in [0.29, 0.717) is 16.3 Å². The molecule has 0 saturated carbocycles. The highest BCUT2D eigenvalue weighted by atomic mass is 79.9. The second-order valence-corrected chi connectivity index (χ2v) is 7.77. The van der Waals surface area contributed by atoms with E-state index in [-0.39, 0.29) is 17.8 Å². The number of nitrogens with zero attached hydrogens (tertiary/aromatic N) is 3. The summed E-state index contributed by atoms with van der Waals surface area (Å²) in [6.45, 7) is 0.281. The normalized spacial score (nSPS) is 15.1. The molecule has 1 saturated heterocycles. The summed E-state index contributed by atoms with van der Waals surface area (Å²) >= 11 is 4.30. The van der Waals surface area contributed by atoms with Gasteiger partial charge >= 0.3 is 0 Å². The van der Waals surface area contributed by atoms with Crippen molar-refractivity contribution in [2.24, 2.45) is 0 Å². The summed E-state index contributed by atoms with van der Waals surface area (Å²) in [6.07, 6.45) is 3.48. The molecule has 1 aliphatic heterocycles. The predicted molar refractivity (Wildman–Crippen MR) is 109 cm³/mol. The molecule has 7 nitrogen and oxygen atoms in total. The molecule has 0 aliphatic carbocycles. The number of aromatic nitrogens is 3. The summed E-state index contributed by atoms with van der Waals surface area (Å²) < 4.78 is 8.43. The number of amides is 2. The fourth-order valence-electron chi connectivity index (χ4n) is 2.47. The summed E-state index contributed by atoms with van der Waals surface area (Å²) in [5.41, 5.74) is 2.42. The fraction of sp³-hybridized carbons (Fsp3) is 0.0526. The number of hydrogen-bond donors (Lipinski definition) is 1. The Labute approximate surface area is 172 Å². The van der Waals surface area contributed by atoms with Crippen LogP contribution in [0.1, 0.15) is 11.3 Å². The lowest BCUT2D eigenvalue weighted by Gasteiger charge is -2.04. The van der Waals surface area contributed by atoms with Crippen LogP contribution in [0, 0.1) is 0 Å². The summed E-state index contributed by atoms with van der Waals surface area (Å²) in [5, 5.41) is 10.1. The maximum absolute atomic E-state index is 11.6. The number of hydrogen-bond acceptors (Lipinski definition) is 6. The average Bonchev–Trinajstić information content (AvgIpc) is 3.28. The summed E-state index contributed by atoms with van der Waals surface area (Å²) in [6, 6.07) is 15.0. The molecule has 0 radical (unpaired) electrons. The van der Waals surface area contributed by atoms with Gasteiger partial charge in [-0.05, 0) is 59.8 Å². The van der Waals surface area contributed by atoms with Gasteiger partial charge in [0.15, 0.2) is 0 Å². The Kier molecular flexibility index (Phi) is 5.27. The molecular weight excluding hydrogens is 444 g/mol. The molecule has 9 heteroatoms. The first-order valence-corrected chi connectivity index (χ1v) is 9.83. The molecule has 2 amide bonds. The van der Waals surface area contributed by atoms with Gasteiger partial charge in [0.25, 0.3) is 11.1 Å². The minimum absolute atomic E-state index is 0.281. The zero-order valence-electron chi connectivity index (χ0n) is 14.3. The lowest BCUT2D eigenvalue weighted by Crippen LogP contribution is -2.17. The van der Waals surface area contributed by atoms with Crippen LogP contribution in [-0.2, 0) is 11.4 Å². The molecule has 28 heavy (non-hydrogen) atoms. The van der Waals surface area contributed by atoms with Crippen molar-refractivity contribution in [1.82, 2.24) is 20.3 Å². The third kappa shape index (κ3) is 4.32. The highest BCUT2D eigenvalue weighted by molar-refractivity contribution is 9.10. The molecule has 2 heterocycles. The number of ether oxygens (including phenoxy) is 1. The quantitative estimate of drug-likeness (QED) is 0.585. The van der Waals surface area contributed by atoms with Gasteiger partial charge < -0.3 is 4.74 Å². The van der Waals surface area contributed by atoms with Crippen molar-refractivity contribution in [3.05, 3.63) is 75.4 Å². The highest BCUT2D eigenvalue weighted by Crippen LogP contribution is 2.26. The number of imide groups is 1. The van der Waals surface area contributed by atoms with Gasteiger partial charge in [0.1, 0.15) is 18.1 Å². The Balaban J connectivity index is 1.38. The topological polar surface area (TPSA) is 86.1 Å². The second-order valence-electron chi connectivity index (χ2n) is 5.84. The average molecular weight is 457 g/mol. The van der Waals surface area contributed by atoms with Crippen LogP contribution in [0.3, 0.4) is 0 Å². The number of nitrogens with one attached hydrogen (secondary N) is 1. The van der Waals surface area contributed by atoms with E-state index >= 15 is 0 Å². The van der Waals surface area contributed by atoms with Crippen molar-refractivity contribution in [2.45, 2.75) is 6.61 Å². The molecule has 4 rings (SSSR count). The van der Waals surface area contributed by atoms with E-state index in [9.17, 15) is 9.59 Å². The van der Waals surface area contributed by atoms with Crippen molar-refractivity contribution in [3.8, 4) is 11.4 Å². The van der Waals surface area contributed by atoms with Crippen LogP contribution in [0.25, 0.3) is 11.8 Å². The van der Waals surface area contributed by atoms with Crippen LogP contribution < -0.4 is 10.1 Å². The number of rotatable bonds is 5. The van der Waals surface area contributed by atoms with Crippen molar-refractivity contribution < 1.29 is 14.3 Å². The Bertz CT molecular complexity index is 1060. The highest BCUT2D eigenvalue weighted by Gasteiger charge is 2.24. The van der Waals surface area contributed by atoms with E-state index in [0.717, 1.165) is 27.5 Å². The Morgan fingerprint density at radius 2 is 1.86 bits per heavy atom. The molecule has 3 aromatic rings. The second kappa shape index (κ2) is 7.99. The van der Waals surface area contributed by atoms with Crippen molar-refractivity contribution in [2.75, 3.05) is 0 Å². The fourth-order valence-corrected chi connectivity index (χ4v) is 3.42. The first-order valence-electron chi connectivity index (χ1n) is 8.22. The maximum atomic E-state index is 11.6. The van der Waals surface area contributed by atoms with Gasteiger partial charge in [-0.2, -0.15) is 0 Å². The molecule has 140 valence electrons. The van der Waals surface area contributed by atoms with Crippen LogP contribution >= 0.6 is 27.7 Å². The largest absolute Gasteiger partial charge is 0.487 e. The molecule has 0 bridgehead atoms. The lowest BCUT2D eigenvalue weighted by molar-refractivity contribution is -0.115. The first-order chi connectivity index (χ1) is 13.6. The zero-order chi connectivity index (χ0) is 19.5. The SMILES string of the molecule is O=C1NC(=O)/C(=C/c2ccc(OCc3cn(-c4ccc(Br)cc4)nn3)cc2)S1. The molecule has 0 atom stereocenters. The van der Waals surface area contributed by atoms with Crippen molar-refractivity contribution in [3.63, 3.8) is 0 Å². The molecular formula is C19H13BrN4O3S. The minimum atomic E-state index is -0.371. The molecule has 1 aromatic heterocycles. The van der Waals surface area contributed by atoms with E-state index in [1.807, 2.05) is 42.6 Å². The Hall–Kier alpha value is -2.91. The number of carbonyl (C=O) groups excluding carboxylic acids is 2. The van der Waals surface area contributed by atoms with Crippen LogP contribution in [0.15, 0.2) is 64.1 Å². The van der Waals surface area contributed by atoms with Crippen molar-refractivity contribution in [1.29, 1.82) is 0 Å². The van der Waals surface area contributed by atoms with Crippen LogP contribution in [-0.4, -0.2) is 26.1 Å². The summed E-state index contributed by atoms with van der Waals surface area (Å²) in [4.78, 5) is 23.1. The van der Waals surface area contributed by atoms with Crippen molar-refractivity contribution >= 4 is 44.9 Å². The smallest absolute Gasteiger partial charge is 0.290 e. The summed E-state index contributed by atoms with van der Waals surface area (Å²) in [7, 11) is 0. The van der Waals surface area contributed by atoms with E-state index in [1.165, 1.54) is 0 Å². The van der Waals surface area contributed by atoms with Gasteiger partial charge in [0, 0.05) is 4.47 Å². The predicted octanol–water partition coefficient (Wildman–Crippen LogP) is 3.93. The van der Waals surface area contributed by atoms with Crippen LogP contribution in [0.2, 0.25) is 0 Å². The van der Waals surface area contributed by atoms with E-state index in [2.05, 4.69) is 31.6 Å².